The maximum absolute atomic E-state index is 13.8. The van der Waals surface area contributed by atoms with Gasteiger partial charge in [0.15, 0.2) is 0 Å². The molecule has 1 unspecified atom stereocenters. The average molecular weight is 465 g/mol. The average Bonchev–Trinajstić information content (AvgIpc) is 2.86. The number of carbonyl (C=O) groups is 1. The van der Waals surface area contributed by atoms with Crippen molar-refractivity contribution >= 4 is 35.0 Å². The summed E-state index contributed by atoms with van der Waals surface area (Å²) in [4.78, 5) is 18.0. The highest BCUT2D eigenvalue weighted by Crippen LogP contribution is 2.36. The van der Waals surface area contributed by atoms with E-state index in [1.54, 1.807) is 0 Å². The van der Waals surface area contributed by atoms with Gasteiger partial charge in [-0.2, -0.15) is 0 Å². The molecule has 0 saturated carbocycles. The summed E-state index contributed by atoms with van der Waals surface area (Å²) in [7, 11) is 0. The molecule has 5 rings (SSSR count). The van der Waals surface area contributed by atoms with E-state index in [4.69, 9.17) is 11.6 Å². The molecular weight excluding hydrogens is 440 g/mol. The van der Waals surface area contributed by atoms with Gasteiger partial charge in [-0.15, -0.1) is 0 Å². The van der Waals surface area contributed by atoms with Crippen LogP contribution < -0.4 is 9.80 Å². The highest BCUT2D eigenvalue weighted by Gasteiger charge is 2.37. The van der Waals surface area contributed by atoms with Crippen LogP contribution in [0.2, 0.25) is 5.02 Å². The van der Waals surface area contributed by atoms with Crippen molar-refractivity contribution in [3.05, 3.63) is 136 Å². The molecule has 0 aromatic heterocycles. The van der Waals surface area contributed by atoms with Gasteiger partial charge in [0, 0.05) is 17.3 Å². The number of hydrogen-bond acceptors (Lipinski definition) is 2. The first-order chi connectivity index (χ1) is 16.6. The first-order valence-corrected chi connectivity index (χ1v) is 11.7. The van der Waals surface area contributed by atoms with E-state index in [9.17, 15) is 4.79 Å². The number of fused-ring (bicyclic) bond motifs is 1. The second kappa shape index (κ2) is 9.58. The summed E-state index contributed by atoms with van der Waals surface area (Å²) in [5.41, 5.74) is 5.82. The number of para-hydroxylation sites is 1. The first kappa shape index (κ1) is 22.0. The van der Waals surface area contributed by atoms with E-state index in [0.717, 1.165) is 22.5 Å². The Morgan fingerprint density at radius 1 is 0.853 bits per heavy atom. The van der Waals surface area contributed by atoms with Gasteiger partial charge in [-0.3, -0.25) is 9.69 Å². The summed E-state index contributed by atoms with van der Waals surface area (Å²) in [5, 5.41) is 0.684. The lowest BCUT2D eigenvalue weighted by Gasteiger charge is -2.44. The molecule has 168 valence electrons. The maximum Gasteiger partial charge on any atom is 0.262 e. The topological polar surface area (TPSA) is 23.6 Å². The van der Waals surface area contributed by atoms with Gasteiger partial charge in [0.1, 0.15) is 6.17 Å². The van der Waals surface area contributed by atoms with Crippen LogP contribution in [0, 0.1) is 6.92 Å². The lowest BCUT2D eigenvalue weighted by Crippen LogP contribution is -2.54. The lowest BCUT2D eigenvalue weighted by molar-refractivity contribution is 0.0974. The fourth-order valence-corrected chi connectivity index (χ4v) is 4.57. The highest BCUT2D eigenvalue weighted by atomic mass is 35.5. The number of hydrogen-bond donors (Lipinski definition) is 0. The van der Waals surface area contributed by atoms with Crippen LogP contribution in [0.4, 0.5) is 11.4 Å². The Bertz CT molecular complexity index is 1330. The summed E-state index contributed by atoms with van der Waals surface area (Å²) < 4.78 is 0. The number of halogens is 1. The minimum absolute atomic E-state index is 0.00971. The van der Waals surface area contributed by atoms with E-state index in [0.29, 0.717) is 17.1 Å². The minimum Gasteiger partial charge on any atom is -0.342 e. The molecule has 3 nitrogen and oxygen atoms in total. The van der Waals surface area contributed by atoms with Crippen LogP contribution in [-0.2, 0) is 6.54 Å². The first-order valence-electron chi connectivity index (χ1n) is 11.3. The monoisotopic (exact) mass is 464 g/mol. The van der Waals surface area contributed by atoms with Gasteiger partial charge in [0.25, 0.3) is 5.91 Å². The summed E-state index contributed by atoms with van der Waals surface area (Å²) >= 11 is 6.22. The second-order valence-corrected chi connectivity index (χ2v) is 8.91. The molecule has 4 aromatic carbocycles. The van der Waals surface area contributed by atoms with E-state index in [1.807, 2.05) is 102 Å². The molecule has 0 aliphatic carbocycles. The molecule has 0 N–H and O–H groups in total. The molecule has 4 heteroatoms. The Labute approximate surface area is 205 Å². The van der Waals surface area contributed by atoms with E-state index in [1.165, 1.54) is 5.56 Å². The zero-order chi connectivity index (χ0) is 23.5. The predicted molar refractivity (Wildman–Crippen MR) is 141 cm³/mol. The molecule has 1 atom stereocenters. The molecule has 1 aliphatic rings. The maximum atomic E-state index is 13.8. The lowest BCUT2D eigenvalue weighted by atomic mass is 10.0. The Morgan fingerprint density at radius 2 is 1.59 bits per heavy atom. The van der Waals surface area contributed by atoms with Gasteiger partial charge < -0.3 is 4.90 Å². The molecule has 4 aromatic rings. The van der Waals surface area contributed by atoms with Gasteiger partial charge in [-0.25, -0.2) is 0 Å². The highest BCUT2D eigenvalue weighted by molar-refractivity contribution is 6.30. The number of aryl methyl sites for hydroxylation is 1. The fourth-order valence-electron chi connectivity index (χ4n) is 4.37. The fraction of sp³-hybridized carbons (Fsp3) is 0.100. The van der Waals surface area contributed by atoms with Crippen LogP contribution in [-0.4, -0.2) is 12.1 Å². The van der Waals surface area contributed by atoms with Gasteiger partial charge >= 0.3 is 0 Å². The van der Waals surface area contributed by atoms with E-state index < -0.39 is 0 Å². The van der Waals surface area contributed by atoms with Crippen LogP contribution in [0.15, 0.2) is 109 Å². The zero-order valence-electron chi connectivity index (χ0n) is 18.9. The molecule has 0 radical (unpaired) electrons. The molecule has 34 heavy (non-hydrogen) atoms. The van der Waals surface area contributed by atoms with Gasteiger partial charge in [0.05, 0.1) is 11.3 Å². The third-order valence-corrected chi connectivity index (χ3v) is 6.30. The number of rotatable bonds is 5. The SMILES string of the molecule is Cc1ccc(N2C(=O)c3ccccc3N(Cc3ccccc3)C2/C=C/c2cccc(Cl)c2)cc1. The minimum atomic E-state index is -0.315. The standard InChI is InChI=1S/C30H25ClN2O/c1-22-14-17-26(18-15-22)33-29(19-16-23-10-7-11-25(31)20-23)32(21-24-8-3-2-4-9-24)28-13-6-5-12-27(28)30(33)34/h2-20,29H,21H2,1H3/b19-16+. The van der Waals surface area contributed by atoms with Crippen LogP contribution in [0.1, 0.15) is 27.0 Å². The van der Waals surface area contributed by atoms with E-state index in [-0.39, 0.29) is 12.1 Å². The van der Waals surface area contributed by atoms with Gasteiger partial charge in [0.2, 0.25) is 0 Å². The smallest absolute Gasteiger partial charge is 0.262 e. The number of benzene rings is 4. The van der Waals surface area contributed by atoms with Crippen molar-refractivity contribution in [3.8, 4) is 0 Å². The summed E-state index contributed by atoms with van der Waals surface area (Å²) in [5.74, 6) is -0.00971. The Kier molecular flexibility index (Phi) is 6.20. The number of amides is 1. The zero-order valence-corrected chi connectivity index (χ0v) is 19.7. The largest absolute Gasteiger partial charge is 0.342 e. The Morgan fingerprint density at radius 3 is 2.35 bits per heavy atom. The molecule has 0 spiro atoms. The van der Waals surface area contributed by atoms with Crippen LogP contribution >= 0.6 is 11.6 Å². The molecular formula is C30H25ClN2O. The quantitative estimate of drug-likeness (QED) is 0.308. The van der Waals surface area contributed by atoms with Crippen molar-refractivity contribution in [1.29, 1.82) is 0 Å². The van der Waals surface area contributed by atoms with Crippen molar-refractivity contribution < 1.29 is 4.79 Å². The van der Waals surface area contributed by atoms with Gasteiger partial charge in [-0.1, -0.05) is 90.0 Å². The Balaban J connectivity index is 1.65. The number of anilines is 2. The second-order valence-electron chi connectivity index (χ2n) is 8.47. The van der Waals surface area contributed by atoms with Crippen molar-refractivity contribution in [2.75, 3.05) is 9.80 Å². The van der Waals surface area contributed by atoms with Crippen LogP contribution in [0.25, 0.3) is 6.08 Å². The normalized spacial score (nSPS) is 15.6. The Hall–Kier alpha value is -3.82. The number of carbonyl (C=O) groups excluding carboxylic acids is 1. The van der Waals surface area contributed by atoms with Crippen molar-refractivity contribution in [2.24, 2.45) is 0 Å². The van der Waals surface area contributed by atoms with Crippen molar-refractivity contribution in [2.45, 2.75) is 19.6 Å². The third-order valence-electron chi connectivity index (χ3n) is 6.06. The molecule has 0 fully saturated rings. The predicted octanol–water partition coefficient (Wildman–Crippen LogP) is 7.35. The number of nitrogens with zero attached hydrogens (tertiary/aromatic N) is 2. The van der Waals surface area contributed by atoms with Crippen molar-refractivity contribution in [1.82, 2.24) is 0 Å². The molecule has 1 heterocycles. The molecule has 0 bridgehead atoms. The third kappa shape index (κ3) is 4.48. The summed E-state index contributed by atoms with van der Waals surface area (Å²) in [6.45, 7) is 2.72. The summed E-state index contributed by atoms with van der Waals surface area (Å²) in [6, 6.07) is 34.1. The van der Waals surface area contributed by atoms with E-state index >= 15 is 0 Å². The van der Waals surface area contributed by atoms with E-state index in [2.05, 4.69) is 30.0 Å². The molecule has 0 saturated heterocycles. The summed E-state index contributed by atoms with van der Waals surface area (Å²) in [6.07, 6.45) is 3.81. The molecule has 1 amide bonds. The molecule has 1 aliphatic heterocycles. The van der Waals surface area contributed by atoms with Crippen LogP contribution in [0.3, 0.4) is 0 Å². The van der Waals surface area contributed by atoms with Gasteiger partial charge in [-0.05, 0) is 60.5 Å². The van der Waals surface area contributed by atoms with Crippen molar-refractivity contribution in [3.63, 3.8) is 0 Å². The van der Waals surface area contributed by atoms with Crippen LogP contribution in [0.5, 0.6) is 0 Å².